The maximum Gasteiger partial charge on any atom is 0.250 e. The first-order valence-electron chi connectivity index (χ1n) is 11.2. The average Bonchev–Trinajstić information content (AvgIpc) is 3.51. The highest BCUT2D eigenvalue weighted by Gasteiger charge is 2.18. The first kappa shape index (κ1) is 22.7. The summed E-state index contributed by atoms with van der Waals surface area (Å²) in [6, 6.07) is 15.6. The molecule has 0 unspecified atom stereocenters. The van der Waals surface area contributed by atoms with Crippen LogP contribution in [0.2, 0.25) is 0 Å². The number of rotatable bonds is 6. The van der Waals surface area contributed by atoms with E-state index in [4.69, 9.17) is 5.73 Å². The van der Waals surface area contributed by atoms with E-state index >= 15 is 0 Å². The number of H-pyrrole nitrogens is 1. The number of hydrogen-bond acceptors (Lipinski definition) is 5. The summed E-state index contributed by atoms with van der Waals surface area (Å²) in [6.07, 6.45) is 6.59. The predicted octanol–water partition coefficient (Wildman–Crippen LogP) is 4.80. The van der Waals surface area contributed by atoms with E-state index < -0.39 is 0 Å². The molecule has 34 heavy (non-hydrogen) atoms. The Balaban J connectivity index is 0.00000133. The van der Waals surface area contributed by atoms with Gasteiger partial charge >= 0.3 is 0 Å². The number of hydrogen-bond donors (Lipinski definition) is 2. The number of nitrogens with two attached hydrogens (primary N) is 1. The van der Waals surface area contributed by atoms with Crippen molar-refractivity contribution in [3.63, 3.8) is 0 Å². The van der Waals surface area contributed by atoms with Crippen molar-refractivity contribution in [2.75, 3.05) is 17.2 Å². The van der Waals surface area contributed by atoms with Crippen LogP contribution >= 0.6 is 0 Å². The van der Waals surface area contributed by atoms with Crippen LogP contribution in [-0.4, -0.2) is 37.2 Å². The number of nitrogen functional groups attached to an aromatic ring is 1. The minimum Gasteiger partial charge on any atom is -0.383 e. The molecular weight excluding hydrogens is 426 g/mol. The molecule has 5 rings (SSSR count). The molecule has 0 radical (unpaired) electrons. The molecule has 5 aromatic rings. The Bertz CT molecular complexity index is 1440. The van der Waals surface area contributed by atoms with Crippen LogP contribution in [0.5, 0.6) is 0 Å². The van der Waals surface area contributed by atoms with Gasteiger partial charge in [-0.1, -0.05) is 44.7 Å². The molecule has 0 bridgehead atoms. The van der Waals surface area contributed by atoms with Gasteiger partial charge in [-0.25, -0.2) is 9.97 Å². The first-order chi connectivity index (χ1) is 16.7. The Kier molecular flexibility index (Phi) is 6.68. The number of aromatic nitrogens is 5. The van der Waals surface area contributed by atoms with Gasteiger partial charge in [0.25, 0.3) is 0 Å². The average molecular weight is 454 g/mol. The molecule has 0 aliphatic rings. The standard InChI is InChI=1S/C24H21N7O.C2H6/c1-2-21(32)31(18-6-4-3-5-7-18)11-10-30-14-19(22-23(25)26-15-27-24(22)30)16-8-9-20-17(12-16)13-28-29-20;1-2/h2-9,12-15H,1,10-11H2,(H,28,29)(H2,25,26,27);1-2H3. The lowest BCUT2D eigenvalue weighted by Crippen LogP contribution is -2.32. The number of benzene rings is 2. The van der Waals surface area contributed by atoms with Gasteiger partial charge in [-0.15, -0.1) is 0 Å². The SMILES string of the molecule is C=CC(=O)N(CCn1cc(-c2ccc3[nH]ncc3c2)c2c(N)ncnc21)c1ccccc1.CC. The maximum absolute atomic E-state index is 12.5. The van der Waals surface area contributed by atoms with Crippen molar-refractivity contribution < 1.29 is 4.79 Å². The number of nitrogens with one attached hydrogen (secondary N) is 1. The van der Waals surface area contributed by atoms with Crippen molar-refractivity contribution in [2.45, 2.75) is 20.4 Å². The highest BCUT2D eigenvalue weighted by molar-refractivity contribution is 6.02. The van der Waals surface area contributed by atoms with Crippen LogP contribution in [0.25, 0.3) is 33.1 Å². The van der Waals surface area contributed by atoms with Crippen molar-refractivity contribution in [1.82, 2.24) is 24.7 Å². The van der Waals surface area contributed by atoms with Gasteiger partial charge in [-0.05, 0) is 35.9 Å². The zero-order valence-corrected chi connectivity index (χ0v) is 19.3. The van der Waals surface area contributed by atoms with Crippen molar-refractivity contribution in [3.05, 3.63) is 79.9 Å². The summed E-state index contributed by atoms with van der Waals surface area (Å²) in [5, 5.41) is 8.86. The van der Waals surface area contributed by atoms with E-state index in [1.165, 1.54) is 12.4 Å². The van der Waals surface area contributed by atoms with Crippen LogP contribution < -0.4 is 10.6 Å². The highest BCUT2D eigenvalue weighted by atomic mass is 16.2. The molecule has 3 aromatic heterocycles. The summed E-state index contributed by atoms with van der Waals surface area (Å²) in [5.41, 5.74) is 10.7. The lowest BCUT2D eigenvalue weighted by molar-refractivity contribution is -0.114. The van der Waals surface area contributed by atoms with Gasteiger partial charge in [0.1, 0.15) is 17.8 Å². The van der Waals surface area contributed by atoms with Crippen molar-refractivity contribution in [2.24, 2.45) is 0 Å². The summed E-state index contributed by atoms with van der Waals surface area (Å²) in [7, 11) is 0. The number of anilines is 2. The third kappa shape index (κ3) is 4.25. The second-order valence-corrected chi connectivity index (χ2v) is 7.40. The Morgan fingerprint density at radius 3 is 2.74 bits per heavy atom. The second kappa shape index (κ2) is 9.99. The van der Waals surface area contributed by atoms with Gasteiger partial charge in [0.05, 0.1) is 17.1 Å². The quantitative estimate of drug-likeness (QED) is 0.359. The van der Waals surface area contributed by atoms with Crippen LogP contribution in [0.3, 0.4) is 0 Å². The molecule has 0 fully saturated rings. The summed E-state index contributed by atoms with van der Waals surface area (Å²) >= 11 is 0. The van der Waals surface area contributed by atoms with Gasteiger partial charge in [0.15, 0.2) is 0 Å². The molecular formula is C26H27N7O. The van der Waals surface area contributed by atoms with E-state index in [1.807, 2.05) is 67.1 Å². The molecule has 0 saturated carbocycles. The van der Waals surface area contributed by atoms with E-state index in [1.54, 1.807) is 11.1 Å². The third-order valence-corrected chi connectivity index (χ3v) is 5.51. The topological polar surface area (TPSA) is 106 Å². The van der Waals surface area contributed by atoms with Crippen molar-refractivity contribution >= 4 is 39.3 Å². The number of carbonyl (C=O) groups is 1. The Morgan fingerprint density at radius 2 is 1.97 bits per heavy atom. The maximum atomic E-state index is 12.5. The molecule has 0 aliphatic heterocycles. The van der Waals surface area contributed by atoms with Gasteiger partial charge in [0, 0.05) is 35.9 Å². The zero-order chi connectivity index (χ0) is 24.1. The summed E-state index contributed by atoms with van der Waals surface area (Å²) in [6.45, 7) is 8.62. The van der Waals surface area contributed by atoms with Crippen LogP contribution in [0, 0.1) is 0 Å². The van der Waals surface area contributed by atoms with E-state index in [0.29, 0.717) is 18.9 Å². The number of para-hydroxylation sites is 1. The zero-order valence-electron chi connectivity index (χ0n) is 19.3. The van der Waals surface area contributed by atoms with E-state index in [-0.39, 0.29) is 5.91 Å². The monoisotopic (exact) mass is 453 g/mol. The van der Waals surface area contributed by atoms with E-state index in [9.17, 15) is 4.79 Å². The fraction of sp³-hybridized carbons (Fsp3) is 0.154. The van der Waals surface area contributed by atoms with Gasteiger partial charge < -0.3 is 15.2 Å². The summed E-state index contributed by atoms with van der Waals surface area (Å²) < 4.78 is 2.01. The normalized spacial score (nSPS) is 10.6. The van der Waals surface area contributed by atoms with Crippen LogP contribution in [0.1, 0.15) is 13.8 Å². The summed E-state index contributed by atoms with van der Waals surface area (Å²) in [5.74, 6) is 0.255. The molecule has 172 valence electrons. The van der Waals surface area contributed by atoms with Gasteiger partial charge in [-0.2, -0.15) is 5.10 Å². The molecule has 8 nitrogen and oxygen atoms in total. The van der Waals surface area contributed by atoms with E-state index in [2.05, 4.69) is 32.8 Å². The van der Waals surface area contributed by atoms with Crippen LogP contribution in [0.4, 0.5) is 11.5 Å². The Morgan fingerprint density at radius 1 is 1.18 bits per heavy atom. The van der Waals surface area contributed by atoms with Crippen molar-refractivity contribution in [3.8, 4) is 11.1 Å². The molecule has 0 saturated heterocycles. The highest BCUT2D eigenvalue weighted by Crippen LogP contribution is 2.34. The van der Waals surface area contributed by atoms with Gasteiger partial charge in [0.2, 0.25) is 5.91 Å². The van der Waals surface area contributed by atoms with Crippen LogP contribution in [0.15, 0.2) is 79.9 Å². The van der Waals surface area contributed by atoms with E-state index in [0.717, 1.165) is 38.8 Å². The predicted molar refractivity (Wildman–Crippen MR) is 137 cm³/mol. The number of carbonyl (C=O) groups excluding carboxylic acids is 1. The molecule has 1 amide bonds. The molecule has 3 heterocycles. The minimum absolute atomic E-state index is 0.160. The molecule has 3 N–H and O–H groups in total. The Labute approximate surface area is 197 Å². The largest absolute Gasteiger partial charge is 0.383 e. The molecule has 0 aliphatic carbocycles. The van der Waals surface area contributed by atoms with Crippen molar-refractivity contribution in [1.29, 1.82) is 0 Å². The number of aromatic amines is 1. The lowest BCUT2D eigenvalue weighted by atomic mass is 10.0. The first-order valence-corrected chi connectivity index (χ1v) is 11.2. The number of amides is 1. The second-order valence-electron chi connectivity index (χ2n) is 7.40. The summed E-state index contributed by atoms with van der Waals surface area (Å²) in [4.78, 5) is 22.9. The molecule has 0 spiro atoms. The number of fused-ring (bicyclic) bond motifs is 2. The molecule has 8 heteroatoms. The smallest absolute Gasteiger partial charge is 0.250 e. The molecule has 0 atom stereocenters. The fourth-order valence-electron chi connectivity index (χ4n) is 3.94. The fourth-order valence-corrected chi connectivity index (χ4v) is 3.94. The number of nitrogens with zero attached hydrogens (tertiary/aromatic N) is 5. The lowest BCUT2D eigenvalue weighted by Gasteiger charge is -2.21. The Hall–Kier alpha value is -4.46. The minimum atomic E-state index is -0.160. The van der Waals surface area contributed by atoms with Gasteiger partial charge in [-0.3, -0.25) is 9.89 Å². The third-order valence-electron chi connectivity index (χ3n) is 5.51. The molecule has 2 aromatic carbocycles. The van der Waals surface area contributed by atoms with Crippen LogP contribution in [-0.2, 0) is 11.3 Å².